The molecule has 0 aromatic rings. The predicted molar refractivity (Wildman–Crippen MR) is 54.7 cm³/mol. The van der Waals surface area contributed by atoms with Gasteiger partial charge in [0.05, 0.1) is 12.6 Å². The summed E-state index contributed by atoms with van der Waals surface area (Å²) in [7, 11) is 0. The Morgan fingerprint density at radius 1 is 1.50 bits per heavy atom. The first-order valence-corrected chi connectivity index (χ1v) is 5.45. The number of hydrogen-bond donors (Lipinski definition) is 1. The molecule has 82 valence electrons. The summed E-state index contributed by atoms with van der Waals surface area (Å²) in [5.41, 5.74) is 0. The molecule has 0 radical (unpaired) electrons. The highest BCUT2D eigenvalue weighted by atomic mass is 16.7. The molecule has 1 aliphatic heterocycles. The van der Waals surface area contributed by atoms with Gasteiger partial charge in [0.15, 0.2) is 0 Å². The average Bonchev–Trinajstić information content (AvgIpc) is 2.26. The minimum atomic E-state index is 0.269. The van der Waals surface area contributed by atoms with Gasteiger partial charge < -0.3 is 5.32 Å². The van der Waals surface area contributed by atoms with Gasteiger partial charge in [-0.05, 0) is 32.4 Å². The van der Waals surface area contributed by atoms with Crippen molar-refractivity contribution in [2.75, 3.05) is 19.7 Å². The van der Waals surface area contributed by atoms with E-state index in [0.717, 1.165) is 45.2 Å². The lowest BCUT2D eigenvalue weighted by molar-refractivity contribution is -0.189. The van der Waals surface area contributed by atoms with Crippen molar-refractivity contribution in [1.29, 1.82) is 0 Å². The fourth-order valence-electron chi connectivity index (χ4n) is 1.60. The normalized spacial score (nSPS) is 18.1. The molecule has 0 unspecified atom stereocenters. The van der Waals surface area contributed by atoms with Crippen LogP contribution >= 0.6 is 0 Å². The van der Waals surface area contributed by atoms with Crippen molar-refractivity contribution >= 4 is 6.41 Å². The number of piperidine rings is 1. The van der Waals surface area contributed by atoms with Crippen molar-refractivity contribution in [3.05, 3.63) is 0 Å². The van der Waals surface area contributed by atoms with E-state index in [1.165, 1.54) is 5.06 Å². The van der Waals surface area contributed by atoms with Crippen LogP contribution in [0, 0.1) is 0 Å². The molecule has 1 N–H and O–H groups in total. The zero-order valence-electron chi connectivity index (χ0n) is 8.87. The van der Waals surface area contributed by atoms with Crippen LogP contribution < -0.4 is 5.32 Å². The van der Waals surface area contributed by atoms with E-state index in [1.807, 2.05) is 0 Å². The van der Waals surface area contributed by atoms with E-state index < -0.39 is 0 Å². The molecule has 0 aromatic carbocycles. The molecule has 1 aliphatic rings. The van der Waals surface area contributed by atoms with Gasteiger partial charge in [0.1, 0.15) is 0 Å². The largest absolute Gasteiger partial charge is 0.317 e. The van der Waals surface area contributed by atoms with Gasteiger partial charge in [-0.25, -0.2) is 5.06 Å². The zero-order valence-corrected chi connectivity index (χ0v) is 8.87. The van der Waals surface area contributed by atoms with Crippen molar-refractivity contribution in [3.8, 4) is 0 Å². The molecular weight excluding hydrogens is 180 g/mol. The standard InChI is InChI=1S/C10H20N2O2/c1-2-3-8-14-12(9-13)10-4-6-11-7-5-10/h9-11H,2-8H2,1H3. The molecule has 4 nitrogen and oxygen atoms in total. The molecule has 0 saturated carbocycles. The minimum absolute atomic E-state index is 0.269. The monoisotopic (exact) mass is 200 g/mol. The Balaban J connectivity index is 2.24. The SMILES string of the molecule is CCCCON(C=O)C1CCNCC1. The number of amides is 1. The summed E-state index contributed by atoms with van der Waals surface area (Å²) in [6.45, 7) is 4.72. The number of nitrogens with zero attached hydrogens (tertiary/aromatic N) is 1. The second-order valence-corrected chi connectivity index (χ2v) is 3.63. The molecule has 4 heteroatoms. The number of nitrogens with one attached hydrogen (secondary N) is 1. The van der Waals surface area contributed by atoms with Gasteiger partial charge in [-0.3, -0.25) is 9.63 Å². The van der Waals surface area contributed by atoms with Gasteiger partial charge in [-0.2, -0.15) is 0 Å². The molecule has 0 bridgehead atoms. The summed E-state index contributed by atoms with van der Waals surface area (Å²) in [4.78, 5) is 16.2. The van der Waals surface area contributed by atoms with Gasteiger partial charge >= 0.3 is 0 Å². The van der Waals surface area contributed by atoms with Gasteiger partial charge in [0.2, 0.25) is 6.41 Å². The van der Waals surface area contributed by atoms with Gasteiger partial charge in [0, 0.05) is 0 Å². The Labute approximate surface area is 85.6 Å². The summed E-state index contributed by atoms with van der Waals surface area (Å²) in [5, 5.41) is 4.76. The third-order valence-electron chi connectivity index (χ3n) is 2.51. The Bertz CT molecular complexity index is 158. The maximum Gasteiger partial charge on any atom is 0.233 e. The van der Waals surface area contributed by atoms with Crippen LogP contribution in [0.3, 0.4) is 0 Å². The van der Waals surface area contributed by atoms with Crippen LogP contribution in [-0.2, 0) is 9.63 Å². The zero-order chi connectivity index (χ0) is 10.2. The fraction of sp³-hybridized carbons (Fsp3) is 0.900. The maximum absolute atomic E-state index is 10.8. The summed E-state index contributed by atoms with van der Waals surface area (Å²) in [6.07, 6.45) is 4.90. The van der Waals surface area contributed by atoms with E-state index in [9.17, 15) is 4.79 Å². The Morgan fingerprint density at radius 2 is 2.21 bits per heavy atom. The average molecular weight is 200 g/mol. The molecule has 1 saturated heterocycles. The molecule has 14 heavy (non-hydrogen) atoms. The Morgan fingerprint density at radius 3 is 2.79 bits per heavy atom. The molecule has 1 fully saturated rings. The molecule has 1 amide bonds. The lowest BCUT2D eigenvalue weighted by Gasteiger charge is -2.30. The van der Waals surface area contributed by atoms with Crippen molar-refractivity contribution in [2.45, 2.75) is 38.6 Å². The first-order valence-electron chi connectivity index (χ1n) is 5.45. The van der Waals surface area contributed by atoms with Crippen LogP contribution in [-0.4, -0.2) is 37.2 Å². The third kappa shape index (κ3) is 3.64. The Hall–Kier alpha value is -0.610. The van der Waals surface area contributed by atoms with Crippen LogP contribution in [0.4, 0.5) is 0 Å². The number of hydroxylamine groups is 2. The summed E-state index contributed by atoms with van der Waals surface area (Å²) in [5.74, 6) is 0. The molecule has 1 heterocycles. The molecule has 0 aliphatic carbocycles. The third-order valence-corrected chi connectivity index (χ3v) is 2.51. The maximum atomic E-state index is 10.8. The van der Waals surface area contributed by atoms with Gasteiger partial charge in [0.25, 0.3) is 0 Å². The summed E-state index contributed by atoms with van der Waals surface area (Å²) in [6, 6.07) is 0.269. The van der Waals surface area contributed by atoms with Crippen LogP contribution in [0.1, 0.15) is 32.6 Å². The van der Waals surface area contributed by atoms with E-state index >= 15 is 0 Å². The summed E-state index contributed by atoms with van der Waals surface area (Å²) >= 11 is 0. The van der Waals surface area contributed by atoms with Crippen molar-refractivity contribution < 1.29 is 9.63 Å². The van der Waals surface area contributed by atoms with E-state index in [0.29, 0.717) is 6.61 Å². The lowest BCUT2D eigenvalue weighted by Crippen LogP contribution is -2.42. The van der Waals surface area contributed by atoms with Crippen LogP contribution in [0.25, 0.3) is 0 Å². The Kier molecular flexibility index (Phi) is 5.56. The first kappa shape index (κ1) is 11.5. The second kappa shape index (κ2) is 6.79. The smallest absolute Gasteiger partial charge is 0.233 e. The van der Waals surface area contributed by atoms with E-state index in [-0.39, 0.29) is 6.04 Å². The topological polar surface area (TPSA) is 41.6 Å². The van der Waals surface area contributed by atoms with E-state index in [2.05, 4.69) is 12.2 Å². The molecular formula is C10H20N2O2. The highest BCUT2D eigenvalue weighted by molar-refractivity contribution is 5.45. The molecule has 0 aromatic heterocycles. The quantitative estimate of drug-likeness (QED) is 0.394. The van der Waals surface area contributed by atoms with Crippen molar-refractivity contribution in [2.24, 2.45) is 0 Å². The number of hydrogen-bond acceptors (Lipinski definition) is 3. The van der Waals surface area contributed by atoms with Gasteiger partial charge in [-0.1, -0.05) is 13.3 Å². The van der Waals surface area contributed by atoms with Crippen LogP contribution in [0.15, 0.2) is 0 Å². The molecule has 0 atom stereocenters. The number of rotatable bonds is 6. The highest BCUT2D eigenvalue weighted by Gasteiger charge is 2.19. The highest BCUT2D eigenvalue weighted by Crippen LogP contribution is 2.10. The van der Waals surface area contributed by atoms with Crippen LogP contribution in [0.5, 0.6) is 0 Å². The van der Waals surface area contributed by atoms with Crippen molar-refractivity contribution in [1.82, 2.24) is 10.4 Å². The van der Waals surface area contributed by atoms with E-state index in [4.69, 9.17) is 4.84 Å². The fourth-order valence-corrected chi connectivity index (χ4v) is 1.60. The minimum Gasteiger partial charge on any atom is -0.317 e. The van der Waals surface area contributed by atoms with Crippen LogP contribution in [0.2, 0.25) is 0 Å². The summed E-state index contributed by atoms with van der Waals surface area (Å²) < 4.78 is 0. The second-order valence-electron chi connectivity index (χ2n) is 3.63. The lowest BCUT2D eigenvalue weighted by atomic mass is 10.1. The number of carbonyl (C=O) groups excluding carboxylic acids is 1. The predicted octanol–water partition coefficient (Wildman–Crippen LogP) is 0.928. The number of carbonyl (C=O) groups is 1. The first-order chi connectivity index (χ1) is 6.88. The van der Waals surface area contributed by atoms with Crippen molar-refractivity contribution in [3.63, 3.8) is 0 Å². The number of unbranched alkanes of at least 4 members (excludes halogenated alkanes) is 1. The van der Waals surface area contributed by atoms with E-state index in [1.54, 1.807) is 0 Å². The molecule has 0 spiro atoms. The van der Waals surface area contributed by atoms with Gasteiger partial charge in [-0.15, -0.1) is 0 Å². The molecule has 1 rings (SSSR count).